The second kappa shape index (κ2) is 11.3. The summed E-state index contributed by atoms with van der Waals surface area (Å²) in [6, 6.07) is 16.9. The number of hydrogen-bond acceptors (Lipinski definition) is 0. The minimum Gasteiger partial charge on any atom is -1.00 e. The number of hydrogen-bond donors (Lipinski definition) is 0. The van der Waals surface area contributed by atoms with Gasteiger partial charge in [-0.25, -0.2) is 0 Å². The predicted molar refractivity (Wildman–Crippen MR) is 136 cm³/mol. The van der Waals surface area contributed by atoms with Crippen molar-refractivity contribution >= 4 is 31.7 Å². The van der Waals surface area contributed by atoms with Gasteiger partial charge in [0, 0.05) is 0 Å². The molecule has 0 N–H and O–H groups in total. The molecule has 1 aliphatic rings. The van der Waals surface area contributed by atoms with Gasteiger partial charge in [-0.3, -0.25) is 0 Å². The molecule has 0 fully saturated rings. The standard InChI is InChI=1S/C27H37Si2.3ClH.Ti/c1-19-12-11-13-24(14-19)29(10,27(6)18-21(3)22(4)23(27)5)26-16-20(2)15-25(17-26)28(7,8)9;;;;/h11-17H,1-10H3;3*1H;/q;;;;+3/p-3. The smallest absolute Gasteiger partial charge is 1.00 e. The number of rotatable bonds is 4. The van der Waals surface area contributed by atoms with E-state index in [1.165, 1.54) is 22.3 Å². The van der Waals surface area contributed by atoms with E-state index in [9.17, 15) is 0 Å². The molecule has 2 aromatic rings. The van der Waals surface area contributed by atoms with Gasteiger partial charge in [-0.2, -0.15) is 0 Å². The molecule has 0 nitrogen and oxygen atoms in total. The molecule has 6 heteroatoms. The first-order valence-electron chi connectivity index (χ1n) is 11.1. The average Bonchev–Trinajstić information content (AvgIpc) is 2.82. The van der Waals surface area contributed by atoms with Gasteiger partial charge in [0.25, 0.3) is 0 Å². The Kier molecular flexibility index (Phi) is 11.3. The molecule has 0 saturated carbocycles. The number of benzene rings is 2. The van der Waals surface area contributed by atoms with Crippen molar-refractivity contribution in [2.24, 2.45) is 0 Å². The van der Waals surface area contributed by atoms with E-state index in [0.29, 0.717) is 0 Å². The third-order valence-electron chi connectivity index (χ3n) is 7.87. The zero-order valence-electron chi connectivity index (χ0n) is 21.7. The van der Waals surface area contributed by atoms with Crippen molar-refractivity contribution in [3.8, 4) is 0 Å². The Morgan fingerprint density at radius 2 is 1.18 bits per heavy atom. The van der Waals surface area contributed by atoms with Crippen LogP contribution in [0.1, 0.15) is 38.8 Å². The second-order valence-electron chi connectivity index (χ2n) is 10.7. The summed E-state index contributed by atoms with van der Waals surface area (Å²) in [5, 5.41) is 4.81. The molecule has 1 aliphatic carbocycles. The summed E-state index contributed by atoms with van der Waals surface area (Å²) in [4.78, 5) is 0. The Balaban J connectivity index is 0.00000341. The van der Waals surface area contributed by atoms with Gasteiger partial charge in [-0.1, -0.05) is 0 Å². The van der Waals surface area contributed by atoms with Crippen molar-refractivity contribution in [1.29, 1.82) is 0 Å². The van der Waals surface area contributed by atoms with E-state index < -0.39 is 16.1 Å². The van der Waals surface area contributed by atoms with Gasteiger partial charge in [-0.15, -0.1) is 0 Å². The quantitative estimate of drug-likeness (QED) is 0.343. The van der Waals surface area contributed by atoms with Crippen LogP contribution in [0.5, 0.6) is 0 Å². The van der Waals surface area contributed by atoms with Crippen LogP contribution in [0.25, 0.3) is 0 Å². The molecule has 0 bridgehead atoms. The van der Waals surface area contributed by atoms with Crippen LogP contribution in [0.4, 0.5) is 0 Å². The Morgan fingerprint density at radius 3 is 1.64 bits per heavy atom. The fourth-order valence-corrected chi connectivity index (χ4v) is 13.4. The Hall–Kier alpha value is -0.0619. The molecule has 2 unspecified atom stereocenters. The molecular weight excluding hydrogens is 535 g/mol. The first-order valence-corrected chi connectivity index (χ1v) is 17.8. The van der Waals surface area contributed by atoms with Crippen molar-refractivity contribution in [3.05, 3.63) is 74.2 Å². The SMILES string of the molecule is CC1=C(C)C(C)([Si](C)(c2cccc(C)c2)c2cc(C)cc([Si](C)(C)C)c2)[C]([Ti+3])=C1C.[Cl-].[Cl-].[Cl-]. The maximum Gasteiger partial charge on any atom is -1.00 e. The van der Waals surface area contributed by atoms with Crippen LogP contribution in [0.2, 0.25) is 31.2 Å². The minimum absolute atomic E-state index is 0. The molecule has 33 heavy (non-hydrogen) atoms. The second-order valence-corrected chi connectivity index (χ2v) is 21.0. The first kappa shape index (κ1) is 32.9. The van der Waals surface area contributed by atoms with E-state index in [2.05, 4.69) is 131 Å². The molecule has 3 rings (SSSR count). The van der Waals surface area contributed by atoms with Crippen molar-refractivity contribution in [3.63, 3.8) is 0 Å². The van der Waals surface area contributed by atoms with E-state index in [-0.39, 0.29) is 42.3 Å². The summed E-state index contributed by atoms with van der Waals surface area (Å²) in [7, 11) is -3.58. The normalized spacial score (nSPS) is 20.0. The van der Waals surface area contributed by atoms with Gasteiger partial charge in [0.15, 0.2) is 0 Å². The molecule has 0 heterocycles. The molecule has 0 radical (unpaired) electrons. The summed E-state index contributed by atoms with van der Waals surface area (Å²) >= 11 is 2.39. The molecule has 2 atom stereocenters. The molecule has 0 amide bonds. The Morgan fingerprint density at radius 1 is 0.667 bits per heavy atom. The van der Waals surface area contributed by atoms with Gasteiger partial charge < -0.3 is 37.2 Å². The number of aryl methyl sites for hydroxylation is 2. The van der Waals surface area contributed by atoms with Crippen molar-refractivity contribution in [2.45, 2.75) is 72.8 Å². The van der Waals surface area contributed by atoms with E-state index in [1.807, 2.05) is 0 Å². The largest absolute Gasteiger partial charge is 1.00 e. The first-order chi connectivity index (χ1) is 13.7. The topological polar surface area (TPSA) is 0 Å². The van der Waals surface area contributed by atoms with Gasteiger partial charge in [0.05, 0.1) is 0 Å². The van der Waals surface area contributed by atoms with Crippen LogP contribution in [0.3, 0.4) is 0 Å². The van der Waals surface area contributed by atoms with Gasteiger partial charge in [-0.05, 0) is 0 Å². The minimum atomic E-state index is -2.17. The summed E-state index contributed by atoms with van der Waals surface area (Å²) in [5.74, 6) is 0. The summed E-state index contributed by atoms with van der Waals surface area (Å²) < 4.78 is 1.57. The summed E-state index contributed by atoms with van der Waals surface area (Å²) in [5.41, 5.74) is 7.35. The molecule has 0 aromatic heterocycles. The fraction of sp³-hybridized carbons (Fsp3) is 0.407. The maximum absolute atomic E-state index is 2.63. The van der Waals surface area contributed by atoms with Crippen LogP contribution in [-0.2, 0) is 20.4 Å². The third kappa shape index (κ3) is 5.38. The molecule has 0 aliphatic heterocycles. The van der Waals surface area contributed by atoms with Crippen molar-refractivity contribution < 1.29 is 57.7 Å². The zero-order chi connectivity index (χ0) is 22.6. The monoisotopic (exact) mass is 570 g/mol. The molecule has 178 valence electrons. The van der Waals surface area contributed by atoms with Gasteiger partial charge >= 0.3 is 199 Å². The Bertz CT molecular complexity index is 1060. The third-order valence-corrected chi connectivity index (χ3v) is 17.2. The van der Waals surface area contributed by atoms with E-state index in [0.717, 1.165) is 0 Å². The average molecular weight is 572 g/mol. The van der Waals surface area contributed by atoms with Gasteiger partial charge in [0.2, 0.25) is 0 Å². The van der Waals surface area contributed by atoms with Crippen LogP contribution >= 0.6 is 0 Å². The molecule has 2 aromatic carbocycles. The van der Waals surface area contributed by atoms with E-state index >= 15 is 0 Å². The summed E-state index contributed by atoms with van der Waals surface area (Å²) in [6.45, 7) is 24.2. The number of allylic oxidation sites excluding steroid dienone is 4. The fourth-order valence-electron chi connectivity index (χ4n) is 5.24. The van der Waals surface area contributed by atoms with E-state index in [4.69, 9.17) is 0 Å². The van der Waals surface area contributed by atoms with Crippen LogP contribution in [0, 0.1) is 13.8 Å². The maximum atomic E-state index is 2.63. The molecule has 0 saturated heterocycles. The van der Waals surface area contributed by atoms with Crippen molar-refractivity contribution in [2.75, 3.05) is 0 Å². The summed E-state index contributed by atoms with van der Waals surface area (Å²) in [6.07, 6.45) is 0. The zero-order valence-corrected chi connectivity index (χ0v) is 27.5. The Labute approximate surface area is 234 Å². The van der Waals surface area contributed by atoms with Gasteiger partial charge in [0.1, 0.15) is 0 Å². The van der Waals surface area contributed by atoms with Crippen LogP contribution < -0.4 is 52.8 Å². The van der Waals surface area contributed by atoms with Crippen LogP contribution in [0.15, 0.2) is 63.1 Å². The molecule has 0 spiro atoms. The molecular formula is C27H37Cl3Si2Ti. The van der Waals surface area contributed by atoms with Crippen molar-refractivity contribution in [1.82, 2.24) is 0 Å². The predicted octanol–water partition coefficient (Wildman–Crippen LogP) is -3.02. The van der Waals surface area contributed by atoms with E-state index in [1.54, 1.807) is 25.0 Å². The number of halogens is 3. The van der Waals surface area contributed by atoms with Crippen LogP contribution in [-0.4, -0.2) is 16.1 Å².